The zero-order valence-electron chi connectivity index (χ0n) is 28.9. The van der Waals surface area contributed by atoms with E-state index in [1.54, 1.807) is 47.1 Å². The van der Waals surface area contributed by atoms with Crippen LogP contribution >= 0.6 is 0 Å². The molecule has 50 heavy (non-hydrogen) atoms. The van der Waals surface area contributed by atoms with Gasteiger partial charge >= 0.3 is 5.97 Å². The molecule has 2 N–H and O–H groups in total. The molecule has 0 aromatic heterocycles. The molecule has 3 heterocycles. The van der Waals surface area contributed by atoms with Crippen LogP contribution < -0.4 is 14.4 Å². The van der Waals surface area contributed by atoms with Crippen molar-refractivity contribution >= 4 is 23.5 Å². The lowest BCUT2D eigenvalue weighted by Gasteiger charge is -2.35. The minimum absolute atomic E-state index is 0.00367. The Morgan fingerprint density at radius 3 is 2.50 bits per heavy atom. The number of carbonyl (C=O) groups is 3. The summed E-state index contributed by atoms with van der Waals surface area (Å²) in [5, 5.41) is 20.9. The summed E-state index contributed by atoms with van der Waals surface area (Å²) in [6.45, 7) is 6.48. The number of aliphatic hydroxyl groups is 1. The van der Waals surface area contributed by atoms with Gasteiger partial charge in [0.15, 0.2) is 11.5 Å². The lowest BCUT2D eigenvalue weighted by atomic mass is 9.83. The summed E-state index contributed by atoms with van der Waals surface area (Å²) >= 11 is 0. The van der Waals surface area contributed by atoms with Crippen LogP contribution in [0.15, 0.2) is 54.6 Å². The smallest absolute Gasteiger partial charge is 0.308 e. The third-order valence-corrected chi connectivity index (χ3v) is 10.4. The summed E-state index contributed by atoms with van der Waals surface area (Å²) in [4.78, 5) is 46.6. The fraction of sp³-hybridized carbons (Fsp3) is 0.462. The van der Waals surface area contributed by atoms with Crippen LogP contribution in [0.1, 0.15) is 84.5 Å². The first-order valence-corrected chi connectivity index (χ1v) is 17.6. The summed E-state index contributed by atoms with van der Waals surface area (Å²) in [7, 11) is 0. The van der Waals surface area contributed by atoms with Crippen molar-refractivity contribution in [2.45, 2.75) is 84.0 Å². The number of carboxylic acids is 1. The maximum atomic E-state index is 14.6. The number of carbonyl (C=O) groups excluding carboxylic acids is 2. The number of hydrogen-bond acceptors (Lipinski definition) is 7. The van der Waals surface area contributed by atoms with Gasteiger partial charge < -0.3 is 29.5 Å². The largest absolute Gasteiger partial charge is 0.481 e. The normalized spacial score (nSPS) is 19.8. The lowest BCUT2D eigenvalue weighted by Crippen LogP contribution is -2.48. The highest BCUT2D eigenvalue weighted by molar-refractivity contribution is 5.98. The number of aliphatic hydroxyl groups excluding tert-OH is 1. The van der Waals surface area contributed by atoms with Gasteiger partial charge in [-0.2, -0.15) is 0 Å². The summed E-state index contributed by atoms with van der Waals surface area (Å²) in [5.74, 6) is -2.20. The fourth-order valence-corrected chi connectivity index (χ4v) is 8.07. The number of likely N-dealkylation sites (tertiary alicyclic amines) is 1. The van der Waals surface area contributed by atoms with Gasteiger partial charge in [0.2, 0.25) is 12.7 Å². The van der Waals surface area contributed by atoms with Crippen molar-refractivity contribution in [3.8, 4) is 11.5 Å². The molecule has 2 amide bonds. The second-order valence-corrected chi connectivity index (χ2v) is 13.6. The molecule has 0 bridgehead atoms. The lowest BCUT2D eigenvalue weighted by molar-refractivity contribution is -0.143. The summed E-state index contributed by atoms with van der Waals surface area (Å²) < 4.78 is 25.6. The SMILES string of the molecule is CCCC(CCC)N(C(=O)CN1C[C@H](c2cc(CO)c3c(c2)OCO3)[C@@H](C(=O)O)[C@@H]1CCN1Cc2ccccc2C1=O)c1ccc(F)c(C)c1. The monoisotopic (exact) mass is 687 g/mol. The van der Waals surface area contributed by atoms with Crippen molar-refractivity contribution in [3.05, 3.63) is 88.2 Å². The fourth-order valence-electron chi connectivity index (χ4n) is 8.07. The summed E-state index contributed by atoms with van der Waals surface area (Å²) in [6, 6.07) is 15.0. The molecule has 266 valence electrons. The quantitative estimate of drug-likeness (QED) is 0.216. The number of fused-ring (bicyclic) bond motifs is 2. The highest BCUT2D eigenvalue weighted by Crippen LogP contribution is 2.45. The summed E-state index contributed by atoms with van der Waals surface area (Å²) in [6.07, 6.45) is 3.57. The topological polar surface area (TPSA) is 120 Å². The minimum atomic E-state index is -1.00. The number of halogens is 1. The molecule has 10 nitrogen and oxygen atoms in total. The molecule has 6 rings (SSSR count). The first-order valence-electron chi connectivity index (χ1n) is 17.6. The van der Waals surface area contributed by atoms with Gasteiger partial charge in [0.1, 0.15) is 5.82 Å². The van der Waals surface area contributed by atoms with Gasteiger partial charge in [-0.05, 0) is 79.3 Å². The van der Waals surface area contributed by atoms with Gasteiger partial charge in [0.25, 0.3) is 5.91 Å². The maximum Gasteiger partial charge on any atom is 0.308 e. The molecule has 0 spiro atoms. The molecule has 0 aliphatic carbocycles. The number of benzene rings is 3. The highest BCUT2D eigenvalue weighted by atomic mass is 19.1. The third kappa shape index (κ3) is 6.93. The van der Waals surface area contributed by atoms with E-state index in [1.807, 2.05) is 23.1 Å². The van der Waals surface area contributed by atoms with Crippen molar-refractivity contribution < 1.29 is 38.5 Å². The van der Waals surface area contributed by atoms with Crippen LogP contribution in [0.3, 0.4) is 0 Å². The molecule has 1 saturated heterocycles. The highest BCUT2D eigenvalue weighted by Gasteiger charge is 2.48. The van der Waals surface area contributed by atoms with Gasteiger partial charge in [-0.25, -0.2) is 4.39 Å². The van der Waals surface area contributed by atoms with Crippen LogP contribution in [0.25, 0.3) is 0 Å². The van der Waals surface area contributed by atoms with Crippen LogP contribution in [0.5, 0.6) is 11.5 Å². The molecule has 3 aliphatic rings. The average Bonchev–Trinajstić information content (AvgIpc) is 3.81. The Bertz CT molecular complexity index is 1740. The Labute approximate surface area is 292 Å². The van der Waals surface area contributed by atoms with Crippen LogP contribution in [0.4, 0.5) is 10.1 Å². The van der Waals surface area contributed by atoms with E-state index in [-0.39, 0.29) is 50.2 Å². The van der Waals surface area contributed by atoms with E-state index in [9.17, 15) is 29.0 Å². The number of aryl methyl sites for hydroxylation is 1. The summed E-state index contributed by atoms with van der Waals surface area (Å²) in [5.41, 5.74) is 3.83. The maximum absolute atomic E-state index is 14.6. The predicted molar refractivity (Wildman–Crippen MR) is 186 cm³/mol. The van der Waals surface area contributed by atoms with Crippen molar-refractivity contribution in [2.75, 3.05) is 31.3 Å². The van der Waals surface area contributed by atoms with Gasteiger partial charge in [0, 0.05) is 54.5 Å². The molecule has 3 atom stereocenters. The van der Waals surface area contributed by atoms with E-state index < -0.39 is 23.8 Å². The molecule has 11 heteroatoms. The minimum Gasteiger partial charge on any atom is -0.481 e. The van der Waals surface area contributed by atoms with Crippen molar-refractivity contribution in [1.82, 2.24) is 9.80 Å². The van der Waals surface area contributed by atoms with Gasteiger partial charge in [-0.3, -0.25) is 19.3 Å². The second-order valence-electron chi connectivity index (χ2n) is 13.6. The van der Waals surface area contributed by atoms with Crippen molar-refractivity contribution in [3.63, 3.8) is 0 Å². The Morgan fingerprint density at radius 1 is 1.06 bits per heavy atom. The average molecular weight is 688 g/mol. The first kappa shape index (κ1) is 35.3. The third-order valence-electron chi connectivity index (χ3n) is 10.4. The van der Waals surface area contributed by atoms with Gasteiger partial charge in [-0.15, -0.1) is 0 Å². The molecule has 1 fully saturated rings. The van der Waals surface area contributed by atoms with E-state index in [4.69, 9.17) is 9.47 Å². The first-order chi connectivity index (χ1) is 24.1. The molecular formula is C39H46FN3O7. The van der Waals surface area contributed by atoms with E-state index in [2.05, 4.69) is 13.8 Å². The van der Waals surface area contributed by atoms with Gasteiger partial charge in [-0.1, -0.05) is 44.9 Å². The number of amides is 2. The van der Waals surface area contributed by atoms with E-state index in [0.717, 1.165) is 31.2 Å². The second kappa shape index (κ2) is 15.2. The number of anilines is 1. The molecule has 0 radical (unpaired) electrons. The number of aliphatic carboxylic acids is 1. The Balaban J connectivity index is 1.35. The molecule has 0 unspecified atom stereocenters. The van der Waals surface area contributed by atoms with Crippen LogP contribution in [-0.2, 0) is 22.7 Å². The number of carboxylic acid groups (broad SMARTS) is 1. The molecule has 0 saturated carbocycles. The van der Waals surface area contributed by atoms with E-state index in [0.29, 0.717) is 59.0 Å². The predicted octanol–water partition coefficient (Wildman–Crippen LogP) is 5.87. The number of rotatable bonds is 14. The Hall–Kier alpha value is -4.48. The molecule has 3 aromatic rings. The standard InChI is InChI=1S/C39H46FN3O7/c1-4-8-28(9-5-2)43(29-12-13-32(40)24(3)16-29)35(45)21-42-20-31(26-17-27(22-44)37-34(18-26)49-23-50-37)36(39(47)48)33(42)14-15-41-19-25-10-6-7-11-30(25)38(41)46/h6-7,10-13,16-18,28,31,33,36,44H,4-5,8-9,14-15,19-23H2,1-3H3,(H,47,48)/t31-,33+,36-/m1/s1. The van der Waals surface area contributed by atoms with Crippen molar-refractivity contribution in [1.29, 1.82) is 0 Å². The molecular weight excluding hydrogens is 641 g/mol. The number of hydrogen-bond donors (Lipinski definition) is 2. The Morgan fingerprint density at radius 2 is 1.82 bits per heavy atom. The number of nitrogens with zero attached hydrogens (tertiary/aromatic N) is 3. The molecule has 3 aromatic carbocycles. The zero-order chi connectivity index (χ0) is 35.5. The van der Waals surface area contributed by atoms with Crippen LogP contribution in [0.2, 0.25) is 0 Å². The van der Waals surface area contributed by atoms with E-state index in [1.165, 1.54) is 6.07 Å². The molecule has 3 aliphatic heterocycles. The van der Waals surface area contributed by atoms with Crippen LogP contribution in [0, 0.1) is 18.7 Å². The van der Waals surface area contributed by atoms with Crippen molar-refractivity contribution in [2.24, 2.45) is 5.92 Å². The van der Waals surface area contributed by atoms with Crippen LogP contribution in [-0.4, -0.2) is 76.3 Å². The number of ether oxygens (including phenoxy) is 2. The zero-order valence-corrected chi connectivity index (χ0v) is 28.9. The van der Waals surface area contributed by atoms with Gasteiger partial charge in [0.05, 0.1) is 19.1 Å². The Kier molecular flexibility index (Phi) is 10.7. The van der Waals surface area contributed by atoms with E-state index >= 15 is 0 Å².